The topological polar surface area (TPSA) is 57.6 Å². The number of nitrogens with zero attached hydrogens (tertiary/aromatic N) is 1. The molecule has 1 fully saturated rings. The highest BCUT2D eigenvalue weighted by atomic mass is 127. The zero-order chi connectivity index (χ0) is 18.1. The van der Waals surface area contributed by atoms with Crippen LogP contribution in [0, 0.1) is 3.57 Å². The Morgan fingerprint density at radius 2 is 1.84 bits per heavy atom. The molecular weight excluding hydrogens is 496 g/mol. The fourth-order valence-corrected chi connectivity index (χ4v) is 3.94. The summed E-state index contributed by atoms with van der Waals surface area (Å²) in [5.41, 5.74) is 1.15. The molecule has 1 N–H and O–H groups in total. The summed E-state index contributed by atoms with van der Waals surface area (Å²) in [6.45, 7) is 0.196. The van der Waals surface area contributed by atoms with Gasteiger partial charge in [0.05, 0.1) is 16.5 Å². The first-order chi connectivity index (χ1) is 11.8. The molecule has 2 aromatic rings. The molecule has 4 nitrogen and oxygen atoms in total. The molecule has 2 amide bonds. The average Bonchev–Trinajstić information content (AvgIpc) is 2.81. The van der Waals surface area contributed by atoms with Gasteiger partial charge < -0.3 is 5.11 Å². The average molecular weight is 506 g/mol. The molecule has 1 heterocycles. The molecule has 0 saturated carbocycles. The predicted molar refractivity (Wildman–Crippen MR) is 109 cm³/mol. The number of halogens is 3. The Morgan fingerprint density at radius 1 is 1.16 bits per heavy atom. The first-order valence-corrected chi connectivity index (χ1v) is 9.68. The van der Waals surface area contributed by atoms with Crippen molar-refractivity contribution in [1.29, 1.82) is 0 Å². The summed E-state index contributed by atoms with van der Waals surface area (Å²) in [6, 6.07) is 10.5. The van der Waals surface area contributed by atoms with E-state index in [0.717, 1.165) is 20.9 Å². The van der Waals surface area contributed by atoms with Gasteiger partial charge in [-0.25, -0.2) is 0 Å². The van der Waals surface area contributed by atoms with Crippen LogP contribution in [0.2, 0.25) is 10.0 Å². The maximum atomic E-state index is 12.5. The number of thioether (sulfide) groups is 1. The van der Waals surface area contributed by atoms with Crippen molar-refractivity contribution in [1.82, 2.24) is 4.90 Å². The summed E-state index contributed by atoms with van der Waals surface area (Å²) in [5.74, 6) is -0.598. The minimum absolute atomic E-state index is 0.0804. The third-order valence-corrected chi connectivity index (χ3v) is 5.60. The third-order valence-electron chi connectivity index (χ3n) is 3.47. The summed E-state index contributed by atoms with van der Waals surface area (Å²) in [4.78, 5) is 26.1. The molecule has 2 aromatic carbocycles. The minimum Gasteiger partial charge on any atom is -0.506 e. The molecular formula is C17H10Cl2INO3S. The lowest BCUT2D eigenvalue weighted by atomic mass is 10.1. The van der Waals surface area contributed by atoms with E-state index in [1.807, 2.05) is 24.3 Å². The van der Waals surface area contributed by atoms with E-state index in [1.165, 1.54) is 23.1 Å². The fraction of sp³-hybridized carbons (Fsp3) is 0.0588. The highest BCUT2D eigenvalue weighted by Crippen LogP contribution is 2.37. The van der Waals surface area contributed by atoms with Crippen LogP contribution in [0.15, 0.2) is 41.3 Å². The van der Waals surface area contributed by atoms with E-state index in [1.54, 1.807) is 0 Å². The van der Waals surface area contributed by atoms with Crippen LogP contribution in [0.25, 0.3) is 6.08 Å². The first-order valence-electron chi connectivity index (χ1n) is 7.03. The fourth-order valence-electron chi connectivity index (χ4n) is 2.25. The zero-order valence-electron chi connectivity index (χ0n) is 12.5. The van der Waals surface area contributed by atoms with Gasteiger partial charge in [0.2, 0.25) is 0 Å². The Kier molecular flexibility index (Phi) is 5.62. The Balaban J connectivity index is 1.87. The van der Waals surface area contributed by atoms with Crippen molar-refractivity contribution < 1.29 is 14.7 Å². The molecule has 0 bridgehead atoms. The van der Waals surface area contributed by atoms with E-state index in [0.29, 0.717) is 5.02 Å². The van der Waals surface area contributed by atoms with Crippen molar-refractivity contribution in [3.05, 3.63) is 66.0 Å². The second kappa shape index (κ2) is 7.57. The van der Waals surface area contributed by atoms with Gasteiger partial charge in [0.25, 0.3) is 11.1 Å². The standard InChI is InChI=1S/C17H10Cl2INO3S/c18-11-5-10(15(22)13(19)7-11)6-14-16(23)21(17(24)25-14)8-9-1-3-12(20)4-2-9/h1-7,22H,8H2/b14-6-. The predicted octanol–water partition coefficient (Wildman–Crippen LogP) is 5.54. The van der Waals surface area contributed by atoms with Gasteiger partial charge in [-0.15, -0.1) is 0 Å². The maximum absolute atomic E-state index is 12.5. The Morgan fingerprint density at radius 3 is 2.52 bits per heavy atom. The van der Waals surface area contributed by atoms with Crippen LogP contribution in [0.5, 0.6) is 5.75 Å². The number of aromatic hydroxyl groups is 1. The number of carbonyl (C=O) groups excluding carboxylic acids is 2. The van der Waals surface area contributed by atoms with Crippen molar-refractivity contribution in [3.63, 3.8) is 0 Å². The number of hydrogen-bond donors (Lipinski definition) is 1. The maximum Gasteiger partial charge on any atom is 0.293 e. The normalized spacial score (nSPS) is 16.1. The molecule has 128 valence electrons. The van der Waals surface area contributed by atoms with E-state index in [2.05, 4.69) is 22.6 Å². The van der Waals surface area contributed by atoms with Crippen molar-refractivity contribution in [2.75, 3.05) is 0 Å². The van der Waals surface area contributed by atoms with E-state index >= 15 is 0 Å². The highest BCUT2D eigenvalue weighted by molar-refractivity contribution is 14.1. The number of amides is 2. The van der Waals surface area contributed by atoms with Gasteiger partial charge in [-0.05, 0) is 70.3 Å². The molecule has 3 rings (SSSR count). The van der Waals surface area contributed by atoms with Crippen LogP contribution in [0.1, 0.15) is 11.1 Å². The largest absolute Gasteiger partial charge is 0.506 e. The van der Waals surface area contributed by atoms with Crippen LogP contribution < -0.4 is 0 Å². The number of rotatable bonds is 3. The van der Waals surface area contributed by atoms with Crippen LogP contribution in [0.3, 0.4) is 0 Å². The number of hydrogen-bond acceptors (Lipinski definition) is 4. The van der Waals surface area contributed by atoms with Gasteiger partial charge in [-0.2, -0.15) is 0 Å². The summed E-state index contributed by atoms with van der Waals surface area (Å²) >= 11 is 14.8. The van der Waals surface area contributed by atoms with E-state index in [9.17, 15) is 14.7 Å². The van der Waals surface area contributed by atoms with Gasteiger partial charge in [0, 0.05) is 14.2 Å². The van der Waals surface area contributed by atoms with Crippen molar-refractivity contribution >= 4 is 74.8 Å². The van der Waals surface area contributed by atoms with E-state index in [4.69, 9.17) is 23.2 Å². The molecule has 1 aliphatic rings. The summed E-state index contributed by atoms with van der Waals surface area (Å²) < 4.78 is 1.07. The van der Waals surface area contributed by atoms with E-state index in [-0.39, 0.29) is 33.0 Å². The molecule has 25 heavy (non-hydrogen) atoms. The lowest BCUT2D eigenvalue weighted by molar-refractivity contribution is -0.123. The number of imide groups is 1. The summed E-state index contributed by atoms with van der Waals surface area (Å²) in [7, 11) is 0. The van der Waals surface area contributed by atoms with E-state index < -0.39 is 5.91 Å². The second-order valence-corrected chi connectivity index (χ2v) is 8.30. The van der Waals surface area contributed by atoms with Crippen molar-refractivity contribution in [2.45, 2.75) is 6.54 Å². The number of phenolic OH excluding ortho intramolecular Hbond substituents is 1. The molecule has 0 spiro atoms. The molecule has 8 heteroatoms. The molecule has 0 unspecified atom stereocenters. The van der Waals surface area contributed by atoms with Crippen LogP contribution in [-0.4, -0.2) is 21.2 Å². The second-order valence-electron chi connectivity index (χ2n) is 5.22. The monoisotopic (exact) mass is 505 g/mol. The van der Waals surface area contributed by atoms with Crippen LogP contribution in [-0.2, 0) is 11.3 Å². The van der Waals surface area contributed by atoms with Gasteiger partial charge in [-0.3, -0.25) is 14.5 Å². The van der Waals surface area contributed by atoms with Crippen molar-refractivity contribution in [2.24, 2.45) is 0 Å². The quantitative estimate of drug-likeness (QED) is 0.439. The van der Waals surface area contributed by atoms with Gasteiger partial charge in [0.15, 0.2) is 0 Å². The number of phenols is 1. The Bertz CT molecular complexity index is 900. The highest BCUT2D eigenvalue weighted by Gasteiger charge is 2.35. The van der Waals surface area contributed by atoms with Gasteiger partial charge in [-0.1, -0.05) is 35.3 Å². The zero-order valence-corrected chi connectivity index (χ0v) is 17.0. The summed E-state index contributed by atoms with van der Waals surface area (Å²) in [5, 5.41) is 10.1. The smallest absolute Gasteiger partial charge is 0.293 e. The molecule has 1 aliphatic heterocycles. The SMILES string of the molecule is O=C1S/C(=C\c2cc(Cl)cc(Cl)c2O)C(=O)N1Cc1ccc(I)cc1. The lowest BCUT2D eigenvalue weighted by Crippen LogP contribution is -2.27. The number of benzene rings is 2. The molecule has 0 radical (unpaired) electrons. The molecule has 0 aliphatic carbocycles. The Labute approximate surface area is 171 Å². The number of carbonyl (C=O) groups is 2. The van der Waals surface area contributed by atoms with Crippen LogP contribution in [0.4, 0.5) is 4.79 Å². The van der Waals surface area contributed by atoms with Gasteiger partial charge in [0.1, 0.15) is 5.75 Å². The lowest BCUT2D eigenvalue weighted by Gasteiger charge is -2.12. The minimum atomic E-state index is -0.413. The molecule has 0 aromatic heterocycles. The summed E-state index contributed by atoms with van der Waals surface area (Å²) in [6.07, 6.45) is 1.42. The molecule has 1 saturated heterocycles. The Hall–Kier alpha value is -1.22. The van der Waals surface area contributed by atoms with Gasteiger partial charge >= 0.3 is 0 Å². The third kappa shape index (κ3) is 4.13. The van der Waals surface area contributed by atoms with Crippen molar-refractivity contribution in [3.8, 4) is 5.75 Å². The molecule has 0 atom stereocenters. The first kappa shape index (κ1) is 18.6. The van der Waals surface area contributed by atoms with Crippen LogP contribution >= 0.6 is 57.6 Å².